The summed E-state index contributed by atoms with van der Waals surface area (Å²) >= 11 is 0. The van der Waals surface area contributed by atoms with Gasteiger partial charge in [0.15, 0.2) is 0 Å². The van der Waals surface area contributed by atoms with Gasteiger partial charge in [-0.25, -0.2) is 0 Å². The van der Waals surface area contributed by atoms with Crippen LogP contribution < -0.4 is 5.11 Å². The van der Waals surface area contributed by atoms with Crippen molar-refractivity contribution >= 4 is 13.2 Å². The summed E-state index contributed by atoms with van der Waals surface area (Å²) in [6.07, 6.45) is 21.0. The maximum Gasteiger partial charge on any atom is 0.0646 e. The third-order valence-electron chi connectivity index (χ3n) is 5.25. The summed E-state index contributed by atoms with van der Waals surface area (Å²) < 4.78 is 0. The second-order valence-corrected chi connectivity index (χ2v) is 12.0. The van der Waals surface area contributed by atoms with Crippen LogP contribution in [-0.4, -0.2) is 30.6 Å². The molecule has 0 aromatic heterocycles. The molecule has 0 aliphatic carbocycles. The highest BCUT2D eigenvalue weighted by atomic mass is 31.2. The average molecular weight is 359 g/mol. The van der Waals surface area contributed by atoms with Gasteiger partial charge in [0.1, 0.15) is 0 Å². The summed E-state index contributed by atoms with van der Waals surface area (Å²) in [5.74, 6) is -0.838. The van der Waals surface area contributed by atoms with Gasteiger partial charge in [-0.2, -0.15) is 0 Å². The number of aliphatic carboxylic acids is 1. The third-order valence-corrected chi connectivity index (χ3v) is 10.2. The molecular weight excluding hydrogens is 315 g/mol. The highest BCUT2D eigenvalue weighted by Crippen LogP contribution is 2.61. The Morgan fingerprint density at radius 2 is 1.00 bits per heavy atom. The van der Waals surface area contributed by atoms with Crippen molar-refractivity contribution in [1.82, 2.24) is 0 Å². The zero-order chi connectivity index (χ0) is 18.1. The van der Waals surface area contributed by atoms with Crippen LogP contribution in [-0.2, 0) is 4.79 Å². The van der Waals surface area contributed by atoms with Crippen LogP contribution in [0.1, 0.15) is 104 Å². The zero-order valence-corrected chi connectivity index (χ0v) is 17.7. The summed E-state index contributed by atoms with van der Waals surface area (Å²) in [5, 5.41) is 11.1. The summed E-state index contributed by atoms with van der Waals surface area (Å²) in [7, 11) is -1.09. The standard InChI is InChI=1S/C21H43O2P/c1-4-7-10-13-17-24(20-16-21(22)23,18-14-11-8-5-2)19-15-12-9-6-3/h4-20H2,1-3H3. The van der Waals surface area contributed by atoms with E-state index in [2.05, 4.69) is 20.8 Å². The number of unbranched alkanes of at least 4 members (excludes halogenated alkanes) is 9. The molecule has 0 heterocycles. The summed E-state index contributed by atoms with van der Waals surface area (Å²) in [6.45, 7) is 6.77. The van der Waals surface area contributed by atoms with E-state index in [1.54, 1.807) is 0 Å². The summed E-state index contributed by atoms with van der Waals surface area (Å²) in [5.41, 5.74) is 0. The Labute approximate surface area is 152 Å². The molecule has 144 valence electrons. The van der Waals surface area contributed by atoms with Gasteiger partial charge in [0.25, 0.3) is 0 Å². The largest absolute Gasteiger partial charge is 0.550 e. The molecule has 0 bridgehead atoms. The molecule has 0 aliphatic heterocycles. The van der Waals surface area contributed by atoms with Crippen LogP contribution in [0.4, 0.5) is 0 Å². The van der Waals surface area contributed by atoms with Crippen molar-refractivity contribution in [3.05, 3.63) is 0 Å². The van der Waals surface area contributed by atoms with E-state index < -0.39 is 13.2 Å². The van der Waals surface area contributed by atoms with Gasteiger partial charge in [-0.15, -0.1) is 0 Å². The Morgan fingerprint density at radius 1 is 0.625 bits per heavy atom. The quantitative estimate of drug-likeness (QED) is 0.226. The monoisotopic (exact) mass is 358 g/mol. The van der Waals surface area contributed by atoms with E-state index in [1.165, 1.54) is 95.5 Å². The van der Waals surface area contributed by atoms with Crippen molar-refractivity contribution in [3.8, 4) is 0 Å². The SMILES string of the molecule is CCCCCC[P+](CCCCCC)(CCCCCC)CCC(=O)[O-]. The van der Waals surface area contributed by atoms with Crippen molar-refractivity contribution in [2.24, 2.45) is 0 Å². The molecule has 0 unspecified atom stereocenters. The van der Waals surface area contributed by atoms with Crippen molar-refractivity contribution < 1.29 is 9.90 Å². The fourth-order valence-corrected chi connectivity index (χ4v) is 8.30. The van der Waals surface area contributed by atoms with E-state index in [1.807, 2.05) is 0 Å². The number of hydrogen-bond donors (Lipinski definition) is 0. The van der Waals surface area contributed by atoms with Crippen molar-refractivity contribution in [2.45, 2.75) is 104 Å². The van der Waals surface area contributed by atoms with Crippen LogP contribution in [0.3, 0.4) is 0 Å². The number of carbonyl (C=O) groups is 1. The molecule has 0 aliphatic rings. The molecule has 0 spiro atoms. The Morgan fingerprint density at radius 3 is 1.29 bits per heavy atom. The molecule has 0 amide bonds. The van der Waals surface area contributed by atoms with Crippen LogP contribution in [0, 0.1) is 0 Å². The Hall–Kier alpha value is -0.100. The van der Waals surface area contributed by atoms with Crippen molar-refractivity contribution in [3.63, 3.8) is 0 Å². The van der Waals surface area contributed by atoms with E-state index in [4.69, 9.17) is 0 Å². The first-order chi connectivity index (χ1) is 11.6. The summed E-state index contributed by atoms with van der Waals surface area (Å²) in [4.78, 5) is 11.1. The molecule has 0 rings (SSSR count). The minimum absolute atomic E-state index is 0.295. The summed E-state index contributed by atoms with van der Waals surface area (Å²) in [6, 6.07) is 0. The minimum Gasteiger partial charge on any atom is -0.550 e. The normalized spacial score (nSPS) is 11.8. The van der Waals surface area contributed by atoms with Gasteiger partial charge in [-0.05, 0) is 38.5 Å². The number of carboxylic acid groups (broad SMARTS) is 1. The second kappa shape index (κ2) is 16.4. The molecule has 0 saturated heterocycles. The molecular formula is C21H43O2P. The molecule has 2 nitrogen and oxygen atoms in total. The van der Waals surface area contributed by atoms with Gasteiger partial charge >= 0.3 is 0 Å². The zero-order valence-electron chi connectivity index (χ0n) is 16.8. The van der Waals surface area contributed by atoms with Crippen molar-refractivity contribution in [2.75, 3.05) is 24.6 Å². The maximum atomic E-state index is 11.1. The topological polar surface area (TPSA) is 40.1 Å². The number of carbonyl (C=O) groups excluding carboxylic acids is 1. The molecule has 0 fully saturated rings. The van der Waals surface area contributed by atoms with Gasteiger partial charge in [0.2, 0.25) is 0 Å². The minimum atomic E-state index is -1.09. The van der Waals surface area contributed by atoms with Crippen LogP contribution >= 0.6 is 7.26 Å². The lowest BCUT2D eigenvalue weighted by molar-refractivity contribution is -0.305. The predicted molar refractivity (Wildman–Crippen MR) is 108 cm³/mol. The third kappa shape index (κ3) is 13.2. The number of carboxylic acids is 1. The van der Waals surface area contributed by atoms with E-state index in [0.29, 0.717) is 6.42 Å². The van der Waals surface area contributed by atoms with Crippen LogP contribution in [0.15, 0.2) is 0 Å². The first-order valence-electron chi connectivity index (χ1n) is 10.6. The second-order valence-electron chi connectivity index (χ2n) is 7.54. The average Bonchev–Trinajstić information content (AvgIpc) is 2.57. The molecule has 0 aromatic rings. The predicted octanol–water partition coefficient (Wildman–Crippen LogP) is 5.88. The lowest BCUT2D eigenvalue weighted by Gasteiger charge is -2.28. The fraction of sp³-hybridized carbons (Fsp3) is 0.952. The van der Waals surface area contributed by atoms with Gasteiger partial charge in [0, 0.05) is 19.7 Å². The van der Waals surface area contributed by atoms with E-state index in [0.717, 1.165) is 6.16 Å². The molecule has 3 heteroatoms. The first kappa shape index (κ1) is 23.9. The number of rotatable bonds is 18. The van der Waals surface area contributed by atoms with Crippen LogP contribution in [0.25, 0.3) is 0 Å². The van der Waals surface area contributed by atoms with Gasteiger partial charge in [-0.3, -0.25) is 0 Å². The highest BCUT2D eigenvalue weighted by Gasteiger charge is 2.35. The maximum absolute atomic E-state index is 11.1. The van der Waals surface area contributed by atoms with Crippen LogP contribution in [0.2, 0.25) is 0 Å². The van der Waals surface area contributed by atoms with E-state index in [-0.39, 0.29) is 0 Å². The van der Waals surface area contributed by atoms with Gasteiger partial charge in [-0.1, -0.05) is 59.3 Å². The lowest BCUT2D eigenvalue weighted by Crippen LogP contribution is -2.25. The molecule has 0 N–H and O–H groups in total. The molecule has 0 atom stereocenters. The Kier molecular flexibility index (Phi) is 16.3. The smallest absolute Gasteiger partial charge is 0.0646 e. The van der Waals surface area contributed by atoms with Gasteiger partial charge < -0.3 is 9.90 Å². The highest BCUT2D eigenvalue weighted by molar-refractivity contribution is 7.75. The molecule has 0 saturated carbocycles. The Bertz CT molecular complexity index is 260. The molecule has 24 heavy (non-hydrogen) atoms. The van der Waals surface area contributed by atoms with E-state index >= 15 is 0 Å². The van der Waals surface area contributed by atoms with E-state index in [9.17, 15) is 9.90 Å². The molecule has 0 aromatic carbocycles. The fourth-order valence-electron chi connectivity index (χ4n) is 3.62. The molecule has 0 radical (unpaired) electrons. The van der Waals surface area contributed by atoms with Gasteiger partial charge in [0.05, 0.1) is 24.6 Å². The Balaban J connectivity index is 4.67. The van der Waals surface area contributed by atoms with Crippen LogP contribution in [0.5, 0.6) is 0 Å². The number of hydrogen-bond acceptors (Lipinski definition) is 2. The lowest BCUT2D eigenvalue weighted by atomic mass is 10.2. The van der Waals surface area contributed by atoms with Crippen molar-refractivity contribution in [1.29, 1.82) is 0 Å². The first-order valence-corrected chi connectivity index (χ1v) is 13.2.